The maximum Gasteiger partial charge on any atom is 0.176 e. The average Bonchev–Trinajstić information content (AvgIpc) is 2.79. The number of aryl methyl sites for hydroxylation is 1. The first kappa shape index (κ1) is 11.7. The van der Waals surface area contributed by atoms with E-state index in [0.29, 0.717) is 5.69 Å². The summed E-state index contributed by atoms with van der Waals surface area (Å²) in [5.41, 5.74) is 0.652. The van der Waals surface area contributed by atoms with E-state index < -0.39 is 0 Å². The molecule has 1 heterocycles. The Morgan fingerprint density at radius 1 is 1.24 bits per heavy atom. The second-order valence-electron chi connectivity index (χ2n) is 4.65. The third-order valence-corrected chi connectivity index (χ3v) is 3.55. The number of aromatic nitrogens is 2. The summed E-state index contributed by atoms with van der Waals surface area (Å²) < 4.78 is 1.81. The Balaban J connectivity index is 1.97. The van der Waals surface area contributed by atoms with Crippen molar-refractivity contribution in [2.24, 2.45) is 5.92 Å². The van der Waals surface area contributed by atoms with Gasteiger partial charge in [-0.2, -0.15) is 10.5 Å². The molecular weight excluding hydrogens is 212 g/mol. The minimum Gasteiger partial charge on any atom is -0.321 e. The van der Waals surface area contributed by atoms with E-state index in [2.05, 4.69) is 11.1 Å². The van der Waals surface area contributed by atoms with Crippen molar-refractivity contribution in [2.75, 3.05) is 0 Å². The molecule has 1 aliphatic carbocycles. The van der Waals surface area contributed by atoms with Gasteiger partial charge >= 0.3 is 0 Å². The molecule has 0 radical (unpaired) electrons. The summed E-state index contributed by atoms with van der Waals surface area (Å²) in [6, 6.07) is 4.01. The van der Waals surface area contributed by atoms with Crippen LogP contribution in [0.3, 0.4) is 0 Å². The first-order chi connectivity index (χ1) is 8.35. The number of hydrogen-bond donors (Lipinski definition) is 0. The quantitative estimate of drug-likeness (QED) is 0.798. The fourth-order valence-corrected chi connectivity index (χ4v) is 2.55. The summed E-state index contributed by atoms with van der Waals surface area (Å²) in [6.07, 6.45) is 9.36. The molecule has 0 amide bonds. The highest BCUT2D eigenvalue weighted by molar-refractivity contribution is 5.35. The van der Waals surface area contributed by atoms with Crippen LogP contribution in [0, 0.1) is 28.6 Å². The summed E-state index contributed by atoms with van der Waals surface area (Å²) in [5.74, 6) is 0.781. The molecule has 1 aromatic heterocycles. The highest BCUT2D eigenvalue weighted by Crippen LogP contribution is 2.26. The van der Waals surface area contributed by atoms with Crippen LogP contribution in [0.5, 0.6) is 0 Å². The summed E-state index contributed by atoms with van der Waals surface area (Å²) >= 11 is 0. The average molecular weight is 228 g/mol. The molecule has 0 spiro atoms. The van der Waals surface area contributed by atoms with E-state index in [1.54, 1.807) is 6.33 Å². The number of nitriles is 2. The summed E-state index contributed by atoms with van der Waals surface area (Å²) in [6.45, 7) is 0.808. The Morgan fingerprint density at radius 2 is 2.00 bits per heavy atom. The number of imidazole rings is 1. The lowest BCUT2D eigenvalue weighted by atomic mass is 9.87. The van der Waals surface area contributed by atoms with Crippen LogP contribution in [-0.2, 0) is 6.54 Å². The van der Waals surface area contributed by atoms with E-state index >= 15 is 0 Å². The lowest BCUT2D eigenvalue weighted by Crippen LogP contribution is -2.10. The minimum absolute atomic E-state index is 0.246. The third kappa shape index (κ3) is 2.65. The van der Waals surface area contributed by atoms with Gasteiger partial charge in [-0.25, -0.2) is 4.98 Å². The molecule has 0 saturated heterocycles. The predicted molar refractivity (Wildman–Crippen MR) is 62.8 cm³/mol. The van der Waals surface area contributed by atoms with Crippen LogP contribution >= 0.6 is 0 Å². The first-order valence-electron chi connectivity index (χ1n) is 6.20. The maximum atomic E-state index is 8.99. The first-order valence-corrected chi connectivity index (χ1v) is 6.20. The second-order valence-corrected chi connectivity index (χ2v) is 4.65. The van der Waals surface area contributed by atoms with Gasteiger partial charge in [0.05, 0.1) is 6.33 Å². The Bertz CT molecular complexity index is 455. The standard InChI is InChI=1S/C13H16N4/c14-8-12-13(9-15)17(10-16-12)7-6-11-4-2-1-3-5-11/h10-11H,1-7H2. The van der Waals surface area contributed by atoms with E-state index in [4.69, 9.17) is 10.5 Å². The van der Waals surface area contributed by atoms with Crippen molar-refractivity contribution >= 4 is 0 Å². The van der Waals surface area contributed by atoms with Crippen LogP contribution in [0.2, 0.25) is 0 Å². The lowest BCUT2D eigenvalue weighted by Gasteiger charge is -2.21. The number of nitrogens with zero attached hydrogens (tertiary/aromatic N) is 4. The fourth-order valence-electron chi connectivity index (χ4n) is 2.55. The van der Waals surface area contributed by atoms with Gasteiger partial charge in [0.2, 0.25) is 0 Å². The van der Waals surface area contributed by atoms with Gasteiger partial charge in [-0.1, -0.05) is 32.1 Å². The molecule has 1 saturated carbocycles. The van der Waals surface area contributed by atoms with E-state index in [1.807, 2.05) is 10.6 Å². The maximum absolute atomic E-state index is 8.99. The Kier molecular flexibility index (Phi) is 3.77. The van der Waals surface area contributed by atoms with Crippen LogP contribution < -0.4 is 0 Å². The zero-order valence-electron chi connectivity index (χ0n) is 9.89. The highest BCUT2D eigenvalue weighted by Gasteiger charge is 2.15. The predicted octanol–water partition coefficient (Wildman–Crippen LogP) is 2.60. The number of rotatable bonds is 3. The Labute approximate surface area is 101 Å². The molecule has 0 aliphatic heterocycles. The van der Waals surface area contributed by atoms with E-state index in [-0.39, 0.29) is 5.69 Å². The molecule has 2 rings (SSSR count). The lowest BCUT2D eigenvalue weighted by molar-refractivity contribution is 0.323. The van der Waals surface area contributed by atoms with Gasteiger partial charge < -0.3 is 4.57 Å². The van der Waals surface area contributed by atoms with E-state index in [0.717, 1.165) is 18.9 Å². The molecule has 0 unspecified atom stereocenters. The molecule has 0 N–H and O–H groups in total. The van der Waals surface area contributed by atoms with Gasteiger partial charge in [-0.05, 0) is 12.3 Å². The number of hydrogen-bond acceptors (Lipinski definition) is 3. The van der Waals surface area contributed by atoms with Gasteiger partial charge in [0, 0.05) is 6.54 Å². The SMILES string of the molecule is N#Cc1ncn(CCC2CCCCC2)c1C#N. The molecule has 88 valence electrons. The van der Waals surface area contributed by atoms with Gasteiger partial charge in [0.15, 0.2) is 11.4 Å². The van der Waals surface area contributed by atoms with Gasteiger partial charge in [0.1, 0.15) is 12.1 Å². The smallest absolute Gasteiger partial charge is 0.176 e. The van der Waals surface area contributed by atoms with Crippen LogP contribution in [0.25, 0.3) is 0 Å². The Morgan fingerprint density at radius 3 is 2.65 bits per heavy atom. The molecule has 1 aromatic rings. The molecule has 1 fully saturated rings. The van der Waals surface area contributed by atoms with Gasteiger partial charge in [-0.3, -0.25) is 0 Å². The zero-order chi connectivity index (χ0) is 12.1. The summed E-state index contributed by atoms with van der Waals surface area (Å²) in [5, 5.41) is 17.8. The second kappa shape index (κ2) is 5.50. The minimum atomic E-state index is 0.246. The molecule has 4 nitrogen and oxygen atoms in total. The summed E-state index contributed by atoms with van der Waals surface area (Å²) in [4.78, 5) is 3.95. The van der Waals surface area contributed by atoms with Crippen molar-refractivity contribution in [2.45, 2.75) is 45.1 Å². The van der Waals surface area contributed by atoms with Crippen molar-refractivity contribution in [3.8, 4) is 12.1 Å². The highest BCUT2D eigenvalue weighted by atomic mass is 15.1. The van der Waals surface area contributed by atoms with Crippen molar-refractivity contribution in [3.05, 3.63) is 17.7 Å². The van der Waals surface area contributed by atoms with Crippen molar-refractivity contribution in [1.82, 2.24) is 9.55 Å². The largest absolute Gasteiger partial charge is 0.321 e. The zero-order valence-corrected chi connectivity index (χ0v) is 9.89. The molecular formula is C13H16N4. The van der Waals surface area contributed by atoms with Crippen LogP contribution in [0.4, 0.5) is 0 Å². The molecule has 0 bridgehead atoms. The van der Waals surface area contributed by atoms with Crippen LogP contribution in [-0.4, -0.2) is 9.55 Å². The monoisotopic (exact) mass is 228 g/mol. The molecule has 0 atom stereocenters. The van der Waals surface area contributed by atoms with Gasteiger partial charge in [0.25, 0.3) is 0 Å². The molecule has 4 heteroatoms. The van der Waals surface area contributed by atoms with E-state index in [9.17, 15) is 0 Å². The van der Waals surface area contributed by atoms with Crippen molar-refractivity contribution in [3.63, 3.8) is 0 Å². The van der Waals surface area contributed by atoms with Crippen molar-refractivity contribution in [1.29, 1.82) is 10.5 Å². The topological polar surface area (TPSA) is 65.4 Å². The normalized spacial score (nSPS) is 16.4. The Hall–Kier alpha value is -1.81. The summed E-state index contributed by atoms with van der Waals surface area (Å²) in [7, 11) is 0. The van der Waals surface area contributed by atoms with Crippen LogP contribution in [0.1, 0.15) is 49.9 Å². The molecule has 17 heavy (non-hydrogen) atoms. The van der Waals surface area contributed by atoms with Gasteiger partial charge in [-0.15, -0.1) is 0 Å². The molecule has 0 aromatic carbocycles. The van der Waals surface area contributed by atoms with E-state index in [1.165, 1.54) is 32.1 Å². The fraction of sp³-hybridized carbons (Fsp3) is 0.615. The molecule has 1 aliphatic rings. The van der Waals surface area contributed by atoms with Crippen LogP contribution in [0.15, 0.2) is 6.33 Å². The van der Waals surface area contributed by atoms with Crippen molar-refractivity contribution < 1.29 is 0 Å². The third-order valence-electron chi connectivity index (χ3n) is 3.55.